The molecule has 0 aromatic heterocycles. The molecule has 65 heavy (non-hydrogen) atoms. The summed E-state index contributed by atoms with van der Waals surface area (Å²) in [6.45, 7) is 24.4. The van der Waals surface area contributed by atoms with Gasteiger partial charge in [-0.05, 0) is 53.9 Å². The quantitative estimate of drug-likeness (QED) is 0.103. The molecule has 0 aliphatic heterocycles. The molecule has 2 aliphatic rings. The molecule has 12 nitrogen and oxygen atoms in total. The van der Waals surface area contributed by atoms with Crippen molar-refractivity contribution in [2.45, 2.75) is 204 Å². The van der Waals surface area contributed by atoms with Crippen LogP contribution in [0.15, 0.2) is 30.3 Å². The van der Waals surface area contributed by atoms with Crippen molar-refractivity contribution < 1.29 is 38.3 Å². The number of amides is 4. The number of likely N-dealkylation sites (N-methyl/N-ethyl adjacent to an activating group) is 1. The second kappa shape index (κ2) is 23.6. The maximum absolute atomic E-state index is 14.9. The fraction of sp³-hybridized carbons (Fsp3) is 0.755. The molecule has 0 bridgehead atoms. The third kappa shape index (κ3) is 15.5. The highest BCUT2D eigenvalue weighted by atomic mass is 16.5. The molecule has 2 saturated carbocycles. The summed E-state index contributed by atoms with van der Waals surface area (Å²) in [5.74, 6) is -4.44. The Bertz CT molecular complexity index is 1780. The number of rotatable bonds is 21. The van der Waals surface area contributed by atoms with Crippen LogP contribution in [0.1, 0.15) is 179 Å². The maximum atomic E-state index is 14.9. The molecule has 12 heteroatoms. The van der Waals surface area contributed by atoms with Gasteiger partial charge in [0.05, 0.1) is 17.4 Å². The SMILES string of the molecule is CC[C@@H](NC(=O)[C@@H](NC(=O)[C@H](CC(=O)[C@@H](NC(=O)[C@H](C(C)C)N(C)C(=O)[C@H](C)CC1CCCCC1)C(C)(C)C)CC(=O)C(C)(C)C)C1(C(=O)OCc2ccccc2)CCCC1)C(C)(C)C. The number of ketones is 2. The Morgan fingerprint density at radius 3 is 1.83 bits per heavy atom. The summed E-state index contributed by atoms with van der Waals surface area (Å²) in [6.07, 6.45) is 8.26. The zero-order valence-corrected chi connectivity index (χ0v) is 42.6. The molecule has 0 radical (unpaired) electrons. The smallest absolute Gasteiger partial charge is 0.315 e. The summed E-state index contributed by atoms with van der Waals surface area (Å²) in [5, 5.41) is 9.08. The highest BCUT2D eigenvalue weighted by Crippen LogP contribution is 2.43. The van der Waals surface area contributed by atoms with Crippen molar-refractivity contribution in [1.29, 1.82) is 0 Å². The number of carbonyl (C=O) groups is 7. The van der Waals surface area contributed by atoms with Gasteiger partial charge >= 0.3 is 5.97 Å². The van der Waals surface area contributed by atoms with E-state index in [-0.39, 0.29) is 48.0 Å². The largest absolute Gasteiger partial charge is 0.460 e. The van der Waals surface area contributed by atoms with Crippen LogP contribution in [0.3, 0.4) is 0 Å². The van der Waals surface area contributed by atoms with E-state index in [1.165, 1.54) is 24.2 Å². The normalized spacial score (nSPS) is 18.6. The van der Waals surface area contributed by atoms with E-state index in [1.54, 1.807) is 27.8 Å². The topological polar surface area (TPSA) is 168 Å². The molecule has 1 aromatic carbocycles. The Hall–Kier alpha value is -4.09. The molecule has 6 atom stereocenters. The molecule has 1 aromatic rings. The average Bonchev–Trinajstić information content (AvgIpc) is 3.72. The van der Waals surface area contributed by atoms with Crippen LogP contribution in [0.5, 0.6) is 0 Å². The molecule has 0 saturated heterocycles. The van der Waals surface area contributed by atoms with Gasteiger partial charge in [-0.3, -0.25) is 33.6 Å². The average molecular weight is 907 g/mol. The molecule has 3 N–H and O–H groups in total. The molecule has 2 fully saturated rings. The predicted molar refractivity (Wildman–Crippen MR) is 256 cm³/mol. The van der Waals surface area contributed by atoms with E-state index < -0.39 is 76.2 Å². The first kappa shape index (κ1) is 55.2. The second-order valence-electron chi connectivity index (χ2n) is 23.0. The molecule has 4 amide bonds. The molecule has 3 rings (SSSR count). The molecular weight excluding hydrogens is 821 g/mol. The number of carbonyl (C=O) groups excluding carboxylic acids is 7. The minimum absolute atomic E-state index is 0.0124. The molecule has 366 valence electrons. The minimum Gasteiger partial charge on any atom is -0.460 e. The van der Waals surface area contributed by atoms with Crippen molar-refractivity contribution in [3.63, 3.8) is 0 Å². The van der Waals surface area contributed by atoms with Gasteiger partial charge in [-0.15, -0.1) is 0 Å². The lowest BCUT2D eigenvalue weighted by Gasteiger charge is -2.39. The number of esters is 1. The second-order valence-corrected chi connectivity index (χ2v) is 23.0. The van der Waals surface area contributed by atoms with Crippen molar-refractivity contribution in [3.05, 3.63) is 35.9 Å². The predicted octanol–water partition coefficient (Wildman–Crippen LogP) is 8.92. The molecule has 0 heterocycles. The summed E-state index contributed by atoms with van der Waals surface area (Å²) in [5.41, 5.74) is -2.67. The van der Waals surface area contributed by atoms with Crippen molar-refractivity contribution in [3.8, 4) is 0 Å². The van der Waals surface area contributed by atoms with Crippen molar-refractivity contribution in [1.82, 2.24) is 20.9 Å². The Labute approximate surface area is 391 Å². The van der Waals surface area contributed by atoms with Gasteiger partial charge in [0.2, 0.25) is 23.6 Å². The Balaban J connectivity index is 2.00. The highest BCUT2D eigenvalue weighted by molar-refractivity contribution is 5.99. The van der Waals surface area contributed by atoms with E-state index in [9.17, 15) is 33.6 Å². The number of nitrogens with one attached hydrogen (secondary N) is 3. The molecule has 0 spiro atoms. The first-order chi connectivity index (χ1) is 30.1. The number of hydrogen-bond donors (Lipinski definition) is 3. The van der Waals surface area contributed by atoms with E-state index in [1.807, 2.05) is 99.6 Å². The molecule has 2 aliphatic carbocycles. The number of Topliss-reactive ketones (excluding diaryl/α,β-unsaturated/α-hetero) is 2. The third-order valence-corrected chi connectivity index (χ3v) is 14.0. The number of ether oxygens (including phenoxy) is 1. The summed E-state index contributed by atoms with van der Waals surface area (Å²) in [7, 11) is 1.65. The van der Waals surface area contributed by atoms with Gasteiger partial charge < -0.3 is 25.6 Å². The number of hydrogen-bond acceptors (Lipinski definition) is 8. The van der Waals surface area contributed by atoms with Gasteiger partial charge in [0, 0.05) is 37.3 Å². The van der Waals surface area contributed by atoms with Crippen molar-refractivity contribution in [2.24, 2.45) is 45.3 Å². The molecule has 0 unspecified atom stereocenters. The van der Waals surface area contributed by atoms with E-state index >= 15 is 0 Å². The van der Waals surface area contributed by atoms with E-state index in [4.69, 9.17) is 4.74 Å². The summed E-state index contributed by atoms with van der Waals surface area (Å²) in [6, 6.07) is 5.63. The Morgan fingerprint density at radius 1 is 0.738 bits per heavy atom. The van der Waals surface area contributed by atoms with Gasteiger partial charge in [-0.2, -0.15) is 0 Å². The van der Waals surface area contributed by atoms with Gasteiger partial charge in [-0.25, -0.2) is 0 Å². The number of nitrogens with zero attached hydrogens (tertiary/aromatic N) is 1. The number of benzene rings is 1. The lowest BCUT2D eigenvalue weighted by molar-refractivity contribution is -0.162. The Kier molecular flexibility index (Phi) is 20.0. The lowest BCUT2D eigenvalue weighted by Crippen LogP contribution is -2.62. The zero-order chi connectivity index (χ0) is 49.1. The third-order valence-electron chi connectivity index (χ3n) is 14.0. The first-order valence-electron chi connectivity index (χ1n) is 24.6. The minimum atomic E-state index is -1.40. The van der Waals surface area contributed by atoms with Crippen LogP contribution in [0.2, 0.25) is 0 Å². The standard InChI is InChI=1S/C53H86N4O8/c1-15-40(50(5,6)7)54-47(62)44(53(28-22-23-29-53)49(64)65-33-37-26-20-17-21-27-37)56-45(60)38(32-41(59)51(8,9)10)31-39(58)43(52(11,12)13)55-46(61)42(34(2)3)57(14)48(63)35(4)30-36-24-18-16-19-25-36/h17,20-21,26-27,34-36,38,40,42-44H,15-16,18-19,22-25,28-33H2,1-14H3,(H,54,62)(H,55,61)(H,56,60)/t35-,38-,40-,42+,43-,44-/m1/s1. The summed E-state index contributed by atoms with van der Waals surface area (Å²) in [4.78, 5) is 102. The van der Waals surface area contributed by atoms with Crippen LogP contribution in [-0.2, 0) is 44.9 Å². The lowest BCUT2D eigenvalue weighted by atomic mass is 9.76. The molecular formula is C53H86N4O8. The van der Waals surface area contributed by atoms with Crippen molar-refractivity contribution >= 4 is 41.2 Å². The highest BCUT2D eigenvalue weighted by Gasteiger charge is 2.54. The van der Waals surface area contributed by atoms with Crippen LogP contribution in [0, 0.1) is 45.3 Å². The van der Waals surface area contributed by atoms with Gasteiger partial charge in [0.15, 0.2) is 5.78 Å². The van der Waals surface area contributed by atoms with Gasteiger partial charge in [0.1, 0.15) is 24.5 Å². The Morgan fingerprint density at radius 2 is 1.32 bits per heavy atom. The zero-order valence-electron chi connectivity index (χ0n) is 42.6. The monoisotopic (exact) mass is 907 g/mol. The van der Waals surface area contributed by atoms with Crippen LogP contribution in [-0.4, -0.2) is 77.3 Å². The van der Waals surface area contributed by atoms with E-state index in [0.717, 1.165) is 24.8 Å². The van der Waals surface area contributed by atoms with Gasteiger partial charge in [0.25, 0.3) is 0 Å². The van der Waals surface area contributed by atoms with Crippen LogP contribution >= 0.6 is 0 Å². The summed E-state index contributed by atoms with van der Waals surface area (Å²) >= 11 is 0. The summed E-state index contributed by atoms with van der Waals surface area (Å²) < 4.78 is 5.94. The van der Waals surface area contributed by atoms with E-state index in [0.29, 0.717) is 38.0 Å². The van der Waals surface area contributed by atoms with Crippen LogP contribution < -0.4 is 16.0 Å². The fourth-order valence-corrected chi connectivity index (χ4v) is 9.97. The van der Waals surface area contributed by atoms with Gasteiger partial charge in [-0.1, -0.05) is 165 Å². The maximum Gasteiger partial charge on any atom is 0.315 e. The van der Waals surface area contributed by atoms with Crippen molar-refractivity contribution in [2.75, 3.05) is 7.05 Å². The fourth-order valence-electron chi connectivity index (χ4n) is 9.97. The van der Waals surface area contributed by atoms with Crippen LogP contribution in [0.25, 0.3) is 0 Å². The first-order valence-corrected chi connectivity index (χ1v) is 24.6. The van der Waals surface area contributed by atoms with E-state index in [2.05, 4.69) is 16.0 Å². The van der Waals surface area contributed by atoms with Crippen LogP contribution in [0.4, 0.5) is 0 Å².